The Morgan fingerprint density at radius 3 is 2.84 bits per heavy atom. The molecule has 0 aliphatic carbocycles. The Bertz CT molecular complexity index is 949. The maximum Gasteiger partial charge on any atom is 0.243 e. The van der Waals surface area contributed by atoms with E-state index in [-0.39, 0.29) is 31.1 Å². The number of aromatic nitrogens is 3. The molecule has 4 heterocycles. The van der Waals surface area contributed by atoms with Gasteiger partial charge in [0.15, 0.2) is 5.65 Å². The minimum absolute atomic E-state index is 0.0695. The van der Waals surface area contributed by atoms with Crippen LogP contribution in [0.5, 0.6) is 0 Å². The zero-order chi connectivity index (χ0) is 22.8. The zero-order valence-corrected chi connectivity index (χ0v) is 18.7. The number of anilines is 1. The average Bonchev–Trinajstić information content (AvgIpc) is 3.41. The largest absolute Gasteiger partial charge is 0.395 e. The maximum absolute atomic E-state index is 13.2. The Morgan fingerprint density at radius 1 is 1.31 bits per heavy atom. The number of likely N-dealkylation sites (tertiary alicyclic amines) is 1. The number of nitrogens with two attached hydrogens (primary N) is 3. The number of amides is 1. The molecule has 1 amide bonds. The molecule has 2 aromatic rings. The van der Waals surface area contributed by atoms with Gasteiger partial charge in [-0.05, 0) is 32.6 Å². The molecule has 32 heavy (non-hydrogen) atoms. The van der Waals surface area contributed by atoms with Crippen molar-refractivity contribution in [2.24, 2.45) is 17.2 Å². The topological polar surface area (TPSA) is 164 Å². The molecule has 0 bridgehead atoms. The van der Waals surface area contributed by atoms with Gasteiger partial charge in [-0.1, -0.05) is 0 Å². The monoisotopic (exact) mass is 445 g/mol. The molecule has 8 N–H and O–H groups in total. The average molecular weight is 446 g/mol. The van der Waals surface area contributed by atoms with Crippen molar-refractivity contribution in [3.8, 4) is 0 Å². The van der Waals surface area contributed by atoms with Crippen LogP contribution in [-0.2, 0) is 4.79 Å². The summed E-state index contributed by atoms with van der Waals surface area (Å²) in [5, 5.41) is 16.6. The van der Waals surface area contributed by atoms with E-state index in [1.165, 1.54) is 0 Å². The van der Waals surface area contributed by atoms with Gasteiger partial charge >= 0.3 is 0 Å². The number of piperidine rings is 1. The summed E-state index contributed by atoms with van der Waals surface area (Å²) in [7, 11) is 0. The summed E-state index contributed by atoms with van der Waals surface area (Å²) in [6, 6.07) is 1.07. The predicted octanol–water partition coefficient (Wildman–Crippen LogP) is -1.18. The molecular formula is C21H35N9O2. The quantitative estimate of drug-likeness (QED) is 0.330. The summed E-state index contributed by atoms with van der Waals surface area (Å²) < 4.78 is 1.79. The number of aryl methyl sites for hydroxylation is 1. The van der Waals surface area contributed by atoms with Gasteiger partial charge in [0.25, 0.3) is 0 Å². The van der Waals surface area contributed by atoms with Crippen LogP contribution in [0.2, 0.25) is 0 Å². The van der Waals surface area contributed by atoms with Crippen LogP contribution in [0, 0.1) is 6.92 Å². The smallest absolute Gasteiger partial charge is 0.243 e. The highest BCUT2D eigenvalue weighted by Crippen LogP contribution is 2.32. The highest BCUT2D eigenvalue weighted by Gasteiger charge is 2.34. The molecule has 176 valence electrons. The zero-order valence-electron chi connectivity index (χ0n) is 18.7. The number of aliphatic hydroxyl groups is 1. The Hall–Kier alpha value is -2.31. The van der Waals surface area contributed by atoms with Gasteiger partial charge in [0.1, 0.15) is 11.9 Å². The molecule has 4 rings (SSSR count). The van der Waals surface area contributed by atoms with E-state index in [2.05, 4.69) is 10.2 Å². The van der Waals surface area contributed by atoms with E-state index in [1.54, 1.807) is 9.42 Å². The van der Waals surface area contributed by atoms with E-state index >= 15 is 0 Å². The number of rotatable bonds is 7. The lowest BCUT2D eigenvalue weighted by molar-refractivity contribution is -0.137. The number of aliphatic hydroxyl groups excluding tert-OH is 1. The minimum Gasteiger partial charge on any atom is -0.395 e. The number of carbonyl (C=O) groups excluding carboxylic acids is 1. The fraction of sp³-hybridized carbons (Fsp3) is 0.667. The second-order valence-corrected chi connectivity index (χ2v) is 8.89. The van der Waals surface area contributed by atoms with E-state index in [9.17, 15) is 4.79 Å². The third-order valence-corrected chi connectivity index (χ3v) is 6.44. The first-order valence-electron chi connectivity index (χ1n) is 11.4. The van der Waals surface area contributed by atoms with Crippen LogP contribution in [0.25, 0.3) is 5.65 Å². The number of carbonyl (C=O) groups is 1. The van der Waals surface area contributed by atoms with E-state index in [0.717, 1.165) is 61.5 Å². The highest BCUT2D eigenvalue weighted by molar-refractivity contribution is 5.83. The molecule has 2 aromatic heterocycles. The molecular weight excluding hydrogens is 410 g/mol. The standard InChI is InChI=1S/C21H35N9O2/c1-13-11-30-17(26-20(13)28-8-5-14(22)12-28)10-15(27-30)16-4-2-3-7-29(16)21(32)18(23)19(24)25-6-9-31/h10-11,14,16,18-19,25,31H,2-9,12,22-24H2,1H3/t14-,16-,18?,19?/m0/s1. The van der Waals surface area contributed by atoms with E-state index in [1.807, 2.05) is 19.2 Å². The molecule has 2 unspecified atom stereocenters. The molecule has 0 aromatic carbocycles. The summed E-state index contributed by atoms with van der Waals surface area (Å²) in [4.78, 5) is 22.0. The Kier molecular flexibility index (Phi) is 6.91. The van der Waals surface area contributed by atoms with E-state index < -0.39 is 12.2 Å². The number of hydrogen-bond donors (Lipinski definition) is 5. The van der Waals surface area contributed by atoms with Crippen molar-refractivity contribution in [1.82, 2.24) is 24.8 Å². The fourth-order valence-corrected chi connectivity index (χ4v) is 4.69. The highest BCUT2D eigenvalue weighted by atomic mass is 16.3. The lowest BCUT2D eigenvalue weighted by Crippen LogP contribution is -2.60. The fourth-order valence-electron chi connectivity index (χ4n) is 4.69. The summed E-state index contributed by atoms with van der Waals surface area (Å²) in [6.07, 6.45) is 4.96. The molecule has 11 nitrogen and oxygen atoms in total. The van der Waals surface area contributed by atoms with Crippen molar-refractivity contribution < 1.29 is 9.90 Å². The van der Waals surface area contributed by atoms with Gasteiger partial charge in [0.05, 0.1) is 24.5 Å². The van der Waals surface area contributed by atoms with Crippen LogP contribution in [0.3, 0.4) is 0 Å². The van der Waals surface area contributed by atoms with Crippen molar-refractivity contribution in [2.75, 3.05) is 37.7 Å². The lowest BCUT2D eigenvalue weighted by atomic mass is 9.98. The second-order valence-electron chi connectivity index (χ2n) is 8.89. The van der Waals surface area contributed by atoms with Gasteiger partial charge in [-0.3, -0.25) is 10.1 Å². The summed E-state index contributed by atoms with van der Waals surface area (Å²) in [5.74, 6) is 0.733. The normalized spacial score (nSPS) is 23.7. The first-order valence-corrected chi connectivity index (χ1v) is 11.4. The summed E-state index contributed by atoms with van der Waals surface area (Å²) in [6.45, 7) is 4.57. The summed E-state index contributed by atoms with van der Waals surface area (Å²) >= 11 is 0. The molecule has 2 saturated heterocycles. The van der Waals surface area contributed by atoms with Crippen LogP contribution in [0.1, 0.15) is 43.0 Å². The van der Waals surface area contributed by atoms with Crippen LogP contribution in [0.4, 0.5) is 5.82 Å². The first kappa shape index (κ1) is 22.9. The maximum atomic E-state index is 13.2. The first-order chi connectivity index (χ1) is 15.4. The molecule has 0 saturated carbocycles. The van der Waals surface area contributed by atoms with Crippen molar-refractivity contribution in [3.05, 3.63) is 23.5 Å². The molecule has 11 heteroatoms. The SMILES string of the molecule is Cc1cn2nc([C@@H]3CCCCN3C(=O)C(N)C(N)NCCO)cc2nc1N1CC[C@H](N)C1. The molecule has 4 atom stereocenters. The van der Waals surface area contributed by atoms with E-state index in [0.29, 0.717) is 6.54 Å². The van der Waals surface area contributed by atoms with Crippen LogP contribution >= 0.6 is 0 Å². The number of fused-ring (bicyclic) bond motifs is 1. The van der Waals surface area contributed by atoms with Gasteiger partial charge in [-0.2, -0.15) is 5.10 Å². The number of nitrogens with one attached hydrogen (secondary N) is 1. The Balaban J connectivity index is 1.57. The third kappa shape index (κ3) is 4.57. The minimum atomic E-state index is -0.898. The van der Waals surface area contributed by atoms with Crippen LogP contribution in [-0.4, -0.2) is 81.5 Å². The van der Waals surface area contributed by atoms with Gasteiger partial charge in [0.2, 0.25) is 5.91 Å². The van der Waals surface area contributed by atoms with Crippen molar-refractivity contribution >= 4 is 17.4 Å². The van der Waals surface area contributed by atoms with E-state index in [4.69, 9.17) is 32.4 Å². The Labute approximate surface area is 187 Å². The van der Waals surface area contributed by atoms with Crippen molar-refractivity contribution in [3.63, 3.8) is 0 Å². The molecule has 2 aliphatic rings. The van der Waals surface area contributed by atoms with Gasteiger partial charge in [-0.15, -0.1) is 0 Å². The number of nitrogens with zero attached hydrogens (tertiary/aromatic N) is 5. The van der Waals surface area contributed by atoms with Crippen molar-refractivity contribution in [1.29, 1.82) is 0 Å². The third-order valence-electron chi connectivity index (χ3n) is 6.44. The van der Waals surface area contributed by atoms with Crippen molar-refractivity contribution in [2.45, 2.75) is 56.9 Å². The molecule has 2 fully saturated rings. The van der Waals surface area contributed by atoms with Crippen LogP contribution in [0.15, 0.2) is 12.3 Å². The summed E-state index contributed by atoms with van der Waals surface area (Å²) in [5.41, 5.74) is 20.9. The Morgan fingerprint density at radius 2 is 2.12 bits per heavy atom. The lowest BCUT2D eigenvalue weighted by Gasteiger charge is -2.37. The van der Waals surface area contributed by atoms with Gasteiger partial charge < -0.3 is 32.1 Å². The van der Waals surface area contributed by atoms with Gasteiger partial charge in [0, 0.05) is 50.0 Å². The second kappa shape index (κ2) is 9.67. The molecule has 0 radical (unpaired) electrons. The molecule has 2 aliphatic heterocycles. The van der Waals surface area contributed by atoms with Crippen LogP contribution < -0.4 is 27.4 Å². The predicted molar refractivity (Wildman–Crippen MR) is 122 cm³/mol. The molecule has 0 spiro atoms. The van der Waals surface area contributed by atoms with Gasteiger partial charge in [-0.25, -0.2) is 9.50 Å². The number of hydrogen-bond acceptors (Lipinski definition) is 9.